The molecule has 1 saturated carbocycles. The molecule has 0 N–H and O–H groups in total. The third-order valence-corrected chi connectivity index (χ3v) is 2.91. The molecule has 1 aliphatic carbocycles. The Bertz CT molecular complexity index is 123. The summed E-state index contributed by atoms with van der Waals surface area (Å²) in [6, 6.07) is 0. The van der Waals surface area contributed by atoms with Gasteiger partial charge in [0.1, 0.15) is 0 Å². The largest absolute Gasteiger partial charge is 0.381 e. The molecule has 0 aromatic heterocycles. The van der Waals surface area contributed by atoms with Gasteiger partial charge in [0.05, 0.1) is 6.10 Å². The summed E-state index contributed by atoms with van der Waals surface area (Å²) in [7, 11) is 1.83. The highest BCUT2D eigenvalue weighted by Crippen LogP contribution is 2.28. The van der Waals surface area contributed by atoms with Crippen LogP contribution in [0.2, 0.25) is 0 Å². The molecule has 1 nitrogen and oxygen atoms in total. The van der Waals surface area contributed by atoms with Gasteiger partial charge in [-0.15, -0.1) is 6.58 Å². The van der Waals surface area contributed by atoms with Gasteiger partial charge in [0.2, 0.25) is 0 Å². The van der Waals surface area contributed by atoms with Crippen LogP contribution in [0, 0.1) is 5.92 Å². The molecule has 12 heavy (non-hydrogen) atoms. The van der Waals surface area contributed by atoms with Gasteiger partial charge >= 0.3 is 0 Å². The SMILES string of the molecule is C=CCCC1CCC(OC)CC1. The van der Waals surface area contributed by atoms with E-state index in [1.165, 1.54) is 38.5 Å². The molecule has 0 heterocycles. The first-order chi connectivity index (χ1) is 5.86. The number of allylic oxidation sites excluding steroid dienone is 1. The van der Waals surface area contributed by atoms with Gasteiger partial charge in [0, 0.05) is 7.11 Å². The van der Waals surface area contributed by atoms with Crippen LogP contribution in [0.25, 0.3) is 0 Å². The Morgan fingerprint density at radius 2 is 2.00 bits per heavy atom. The van der Waals surface area contributed by atoms with Crippen LogP contribution in [0.4, 0.5) is 0 Å². The van der Waals surface area contributed by atoms with E-state index in [0.717, 1.165) is 5.92 Å². The lowest BCUT2D eigenvalue weighted by molar-refractivity contribution is 0.0557. The van der Waals surface area contributed by atoms with Crippen LogP contribution in [0.3, 0.4) is 0 Å². The minimum Gasteiger partial charge on any atom is -0.381 e. The van der Waals surface area contributed by atoms with E-state index in [9.17, 15) is 0 Å². The highest BCUT2D eigenvalue weighted by molar-refractivity contribution is 4.75. The van der Waals surface area contributed by atoms with E-state index >= 15 is 0 Å². The highest BCUT2D eigenvalue weighted by Gasteiger charge is 2.19. The van der Waals surface area contributed by atoms with Gasteiger partial charge in [0.15, 0.2) is 0 Å². The molecule has 1 heteroatoms. The van der Waals surface area contributed by atoms with Crippen molar-refractivity contribution in [3.05, 3.63) is 12.7 Å². The van der Waals surface area contributed by atoms with Crippen LogP contribution >= 0.6 is 0 Å². The molecule has 0 atom stereocenters. The zero-order valence-corrected chi connectivity index (χ0v) is 8.09. The number of hydrogen-bond acceptors (Lipinski definition) is 1. The molecule has 1 fully saturated rings. The lowest BCUT2D eigenvalue weighted by Crippen LogP contribution is -2.20. The smallest absolute Gasteiger partial charge is 0.0571 e. The fourth-order valence-electron chi connectivity index (χ4n) is 2.01. The van der Waals surface area contributed by atoms with Crippen LogP contribution in [0.5, 0.6) is 0 Å². The van der Waals surface area contributed by atoms with E-state index in [1.807, 2.05) is 13.2 Å². The van der Waals surface area contributed by atoms with Crippen LogP contribution < -0.4 is 0 Å². The second-order valence-electron chi connectivity index (χ2n) is 3.74. The fraction of sp³-hybridized carbons (Fsp3) is 0.818. The van der Waals surface area contributed by atoms with Crippen LogP contribution in [0.1, 0.15) is 38.5 Å². The third-order valence-electron chi connectivity index (χ3n) is 2.91. The van der Waals surface area contributed by atoms with Crippen molar-refractivity contribution >= 4 is 0 Å². The van der Waals surface area contributed by atoms with Crippen LogP contribution in [-0.4, -0.2) is 13.2 Å². The maximum atomic E-state index is 5.32. The number of hydrogen-bond donors (Lipinski definition) is 0. The topological polar surface area (TPSA) is 9.23 Å². The van der Waals surface area contributed by atoms with Crippen LogP contribution in [0.15, 0.2) is 12.7 Å². The molecule has 0 radical (unpaired) electrons. The van der Waals surface area contributed by atoms with E-state index in [-0.39, 0.29) is 0 Å². The zero-order chi connectivity index (χ0) is 8.81. The minimum absolute atomic E-state index is 0.546. The predicted octanol–water partition coefficient (Wildman–Crippen LogP) is 3.16. The van der Waals surface area contributed by atoms with Gasteiger partial charge in [-0.2, -0.15) is 0 Å². The molecule has 70 valence electrons. The second kappa shape index (κ2) is 5.36. The van der Waals surface area contributed by atoms with Crippen molar-refractivity contribution in [1.29, 1.82) is 0 Å². The Morgan fingerprint density at radius 1 is 1.33 bits per heavy atom. The van der Waals surface area contributed by atoms with Gasteiger partial charge < -0.3 is 4.74 Å². The van der Waals surface area contributed by atoms with Crippen molar-refractivity contribution in [3.63, 3.8) is 0 Å². The first kappa shape index (κ1) is 9.79. The molecule has 0 aromatic rings. The summed E-state index contributed by atoms with van der Waals surface area (Å²) < 4.78 is 5.32. The summed E-state index contributed by atoms with van der Waals surface area (Å²) in [5, 5.41) is 0. The van der Waals surface area contributed by atoms with Crippen molar-refractivity contribution in [1.82, 2.24) is 0 Å². The van der Waals surface area contributed by atoms with Gasteiger partial charge in [-0.25, -0.2) is 0 Å². The molecule has 0 unspecified atom stereocenters. The molecule has 0 bridgehead atoms. The Kier molecular flexibility index (Phi) is 4.37. The van der Waals surface area contributed by atoms with Crippen molar-refractivity contribution in [3.8, 4) is 0 Å². The van der Waals surface area contributed by atoms with Crippen LogP contribution in [-0.2, 0) is 4.74 Å². The molecule has 0 aromatic carbocycles. The highest BCUT2D eigenvalue weighted by atomic mass is 16.5. The van der Waals surface area contributed by atoms with Gasteiger partial charge in [-0.1, -0.05) is 6.08 Å². The van der Waals surface area contributed by atoms with E-state index in [1.54, 1.807) is 0 Å². The Balaban J connectivity index is 2.12. The first-order valence-corrected chi connectivity index (χ1v) is 5.00. The Hall–Kier alpha value is -0.300. The summed E-state index contributed by atoms with van der Waals surface area (Å²) in [5.74, 6) is 0.939. The molecule has 1 rings (SSSR count). The van der Waals surface area contributed by atoms with E-state index < -0.39 is 0 Å². The standard InChI is InChI=1S/C11H20O/c1-3-4-5-10-6-8-11(12-2)9-7-10/h3,10-11H,1,4-9H2,2H3. The quantitative estimate of drug-likeness (QED) is 0.586. The van der Waals surface area contributed by atoms with Gasteiger partial charge in [-0.05, 0) is 44.4 Å². The third kappa shape index (κ3) is 2.98. The summed E-state index contributed by atoms with van der Waals surface area (Å²) in [4.78, 5) is 0. The predicted molar refractivity (Wildman–Crippen MR) is 52.2 cm³/mol. The van der Waals surface area contributed by atoms with E-state index in [0.29, 0.717) is 6.10 Å². The van der Waals surface area contributed by atoms with Gasteiger partial charge in [0.25, 0.3) is 0 Å². The Labute approximate surface area is 75.8 Å². The van der Waals surface area contributed by atoms with Crippen molar-refractivity contribution in [2.75, 3.05) is 7.11 Å². The monoisotopic (exact) mass is 168 g/mol. The van der Waals surface area contributed by atoms with Gasteiger partial charge in [-0.3, -0.25) is 0 Å². The maximum Gasteiger partial charge on any atom is 0.0571 e. The van der Waals surface area contributed by atoms with Crippen molar-refractivity contribution in [2.24, 2.45) is 5.92 Å². The average Bonchev–Trinajstić information content (AvgIpc) is 2.15. The normalized spacial score (nSPS) is 30.1. The fourth-order valence-corrected chi connectivity index (χ4v) is 2.01. The molecule has 0 spiro atoms. The summed E-state index contributed by atoms with van der Waals surface area (Å²) in [6.07, 6.45) is 10.3. The van der Waals surface area contributed by atoms with E-state index in [2.05, 4.69) is 6.58 Å². The number of ether oxygens (including phenoxy) is 1. The molecule has 0 saturated heterocycles. The van der Waals surface area contributed by atoms with Crippen molar-refractivity contribution in [2.45, 2.75) is 44.6 Å². The average molecular weight is 168 g/mol. The lowest BCUT2D eigenvalue weighted by Gasteiger charge is -2.27. The minimum atomic E-state index is 0.546. The summed E-state index contributed by atoms with van der Waals surface area (Å²) in [6.45, 7) is 3.75. The first-order valence-electron chi connectivity index (χ1n) is 5.00. The lowest BCUT2D eigenvalue weighted by atomic mass is 9.84. The number of rotatable bonds is 4. The zero-order valence-electron chi connectivity index (χ0n) is 8.09. The molecule has 0 aliphatic heterocycles. The van der Waals surface area contributed by atoms with E-state index in [4.69, 9.17) is 4.74 Å². The molecular weight excluding hydrogens is 148 g/mol. The van der Waals surface area contributed by atoms with Crippen molar-refractivity contribution < 1.29 is 4.74 Å². The Morgan fingerprint density at radius 3 is 2.50 bits per heavy atom. The molecular formula is C11H20O. The second-order valence-corrected chi connectivity index (χ2v) is 3.74. The summed E-state index contributed by atoms with van der Waals surface area (Å²) in [5.41, 5.74) is 0. The molecule has 1 aliphatic rings. The summed E-state index contributed by atoms with van der Waals surface area (Å²) >= 11 is 0. The number of methoxy groups -OCH3 is 1. The maximum absolute atomic E-state index is 5.32. The molecule has 0 amide bonds.